The maximum absolute atomic E-state index is 2.52. The monoisotopic (exact) mass is 788 g/mol. The van der Waals surface area contributed by atoms with Crippen LogP contribution >= 0.6 is 0 Å². The van der Waals surface area contributed by atoms with Crippen LogP contribution in [0.3, 0.4) is 0 Å². The summed E-state index contributed by atoms with van der Waals surface area (Å²) in [6.45, 7) is 9.62. The van der Waals surface area contributed by atoms with Crippen molar-refractivity contribution < 1.29 is 0 Å². The number of benzene rings is 11. The number of fused-ring (bicyclic) bond motifs is 13. The molecule has 0 spiro atoms. The van der Waals surface area contributed by atoms with Gasteiger partial charge in [0.2, 0.25) is 0 Å². The molecule has 0 aromatic heterocycles. The van der Waals surface area contributed by atoms with Crippen molar-refractivity contribution in [1.29, 1.82) is 0 Å². The maximum atomic E-state index is 2.52. The summed E-state index contributed by atoms with van der Waals surface area (Å²) in [6.07, 6.45) is 0. The lowest BCUT2D eigenvalue weighted by Gasteiger charge is -2.24. The van der Waals surface area contributed by atoms with Gasteiger partial charge in [-0.05, 0) is 156 Å². The molecule has 0 saturated carbocycles. The van der Waals surface area contributed by atoms with Crippen molar-refractivity contribution in [3.63, 3.8) is 0 Å². The molecule has 292 valence electrons. The van der Waals surface area contributed by atoms with Gasteiger partial charge in [0.05, 0.1) is 0 Å². The SMILES string of the molecule is CC1(C)c2cc(-c3c4ccccc4c(-c4ccc5c(c4)C(C)(C)c4ccc6ccccc6c4-5)c4cc(-c5ccc6ccccc6c5)ccc34)ccc2-c2c1ccc1ccccc21. The second-order valence-corrected chi connectivity index (χ2v) is 18.8. The highest BCUT2D eigenvalue weighted by Crippen LogP contribution is 2.55. The minimum atomic E-state index is -0.146. The summed E-state index contributed by atoms with van der Waals surface area (Å²) in [7, 11) is 0. The van der Waals surface area contributed by atoms with Gasteiger partial charge in [-0.2, -0.15) is 0 Å². The van der Waals surface area contributed by atoms with E-state index < -0.39 is 0 Å². The Labute approximate surface area is 362 Å². The van der Waals surface area contributed by atoms with E-state index in [9.17, 15) is 0 Å². The first kappa shape index (κ1) is 35.5. The molecule has 0 heterocycles. The first-order chi connectivity index (χ1) is 30.3. The first-order valence-corrected chi connectivity index (χ1v) is 22.1. The Balaban J connectivity index is 1.08. The van der Waals surface area contributed by atoms with Crippen molar-refractivity contribution in [3.8, 4) is 55.6 Å². The van der Waals surface area contributed by atoms with Gasteiger partial charge in [0.25, 0.3) is 0 Å². The van der Waals surface area contributed by atoms with Gasteiger partial charge in [-0.3, -0.25) is 0 Å². The third kappa shape index (κ3) is 4.84. The molecule has 0 radical (unpaired) electrons. The van der Waals surface area contributed by atoms with E-state index in [1.807, 2.05) is 0 Å². The summed E-state index contributed by atoms with van der Waals surface area (Å²) >= 11 is 0. The molecule has 0 heteroatoms. The molecule has 0 unspecified atom stereocenters. The lowest BCUT2D eigenvalue weighted by molar-refractivity contribution is 0.661. The van der Waals surface area contributed by atoms with Crippen molar-refractivity contribution in [2.24, 2.45) is 0 Å². The van der Waals surface area contributed by atoms with Crippen molar-refractivity contribution in [1.82, 2.24) is 0 Å². The van der Waals surface area contributed by atoms with E-state index in [0.717, 1.165) is 0 Å². The fraction of sp³-hybridized carbons (Fsp3) is 0.0968. The molecule has 13 rings (SSSR count). The van der Waals surface area contributed by atoms with Crippen LogP contribution in [-0.2, 0) is 10.8 Å². The average Bonchev–Trinajstić information content (AvgIpc) is 3.69. The van der Waals surface area contributed by atoms with Crippen LogP contribution in [-0.4, -0.2) is 0 Å². The largest absolute Gasteiger partial charge is 0.0616 e. The number of rotatable bonds is 3. The minimum Gasteiger partial charge on any atom is -0.0616 e. The van der Waals surface area contributed by atoms with Crippen molar-refractivity contribution >= 4 is 53.9 Å². The summed E-state index contributed by atoms with van der Waals surface area (Å²) in [5, 5.41) is 12.9. The zero-order valence-electron chi connectivity index (χ0n) is 35.5. The van der Waals surface area contributed by atoms with Crippen LogP contribution in [0.2, 0.25) is 0 Å². The average molecular weight is 789 g/mol. The van der Waals surface area contributed by atoms with Crippen LogP contribution in [0.1, 0.15) is 49.9 Å². The number of hydrogen-bond acceptors (Lipinski definition) is 0. The van der Waals surface area contributed by atoms with E-state index in [-0.39, 0.29) is 10.8 Å². The van der Waals surface area contributed by atoms with Crippen LogP contribution < -0.4 is 0 Å². The lowest BCUT2D eigenvalue weighted by atomic mass is 9.79. The maximum Gasteiger partial charge on any atom is 0.0159 e. The molecule has 0 fully saturated rings. The standard InChI is InChI=1S/C62H44/c1-61(2)53-31-26-38-14-7-9-17-45(38)59(53)50-29-24-43(35-55(50)61)57-47-19-11-12-20-48(47)58(52-34-42(23-28-49(52)57)41-22-21-37-13-5-6-16-40(37)33-41)44-25-30-51-56(36-44)62(3,4)54-32-27-39-15-8-10-18-46(39)60(51)54/h5-36H,1-4H3. The molecule has 0 saturated heterocycles. The van der Waals surface area contributed by atoms with Gasteiger partial charge in [0.1, 0.15) is 0 Å². The van der Waals surface area contributed by atoms with Crippen LogP contribution in [0.25, 0.3) is 109 Å². The molecule has 62 heavy (non-hydrogen) atoms. The van der Waals surface area contributed by atoms with E-state index in [2.05, 4.69) is 222 Å². The zero-order valence-corrected chi connectivity index (χ0v) is 35.5. The van der Waals surface area contributed by atoms with Gasteiger partial charge in [0, 0.05) is 10.8 Å². The highest BCUT2D eigenvalue weighted by molar-refractivity contribution is 6.22. The normalized spacial score (nSPS) is 14.4. The van der Waals surface area contributed by atoms with Crippen molar-refractivity contribution in [2.45, 2.75) is 38.5 Å². The Hall–Kier alpha value is -7.28. The molecule has 0 nitrogen and oxygen atoms in total. The van der Waals surface area contributed by atoms with Gasteiger partial charge in [-0.1, -0.05) is 198 Å². The fourth-order valence-electron chi connectivity index (χ4n) is 11.7. The summed E-state index contributed by atoms with van der Waals surface area (Å²) in [5.41, 5.74) is 18.3. The third-order valence-corrected chi connectivity index (χ3v) is 14.8. The van der Waals surface area contributed by atoms with Crippen LogP contribution in [0.15, 0.2) is 194 Å². The first-order valence-electron chi connectivity index (χ1n) is 22.1. The molecular weight excluding hydrogens is 745 g/mol. The smallest absolute Gasteiger partial charge is 0.0159 e. The minimum absolute atomic E-state index is 0.139. The quantitative estimate of drug-likeness (QED) is 0.156. The summed E-state index contributed by atoms with van der Waals surface area (Å²) in [5.74, 6) is 0. The van der Waals surface area contributed by atoms with Gasteiger partial charge < -0.3 is 0 Å². The van der Waals surface area contributed by atoms with Crippen molar-refractivity contribution in [3.05, 3.63) is 216 Å². The molecule has 0 atom stereocenters. The van der Waals surface area contributed by atoms with Gasteiger partial charge in [-0.15, -0.1) is 0 Å². The Morgan fingerprint density at radius 3 is 1.21 bits per heavy atom. The molecule has 0 amide bonds. The third-order valence-electron chi connectivity index (χ3n) is 14.8. The predicted octanol–water partition coefficient (Wildman–Crippen LogP) is 17.1. The Morgan fingerprint density at radius 2 is 0.645 bits per heavy atom. The van der Waals surface area contributed by atoms with E-state index in [0.29, 0.717) is 0 Å². The van der Waals surface area contributed by atoms with Gasteiger partial charge in [0.15, 0.2) is 0 Å². The van der Waals surface area contributed by atoms with E-state index in [1.165, 1.54) is 132 Å². The van der Waals surface area contributed by atoms with Crippen LogP contribution in [0, 0.1) is 0 Å². The Bertz CT molecular complexity index is 3740. The molecule has 11 aromatic rings. The zero-order chi connectivity index (χ0) is 41.5. The highest BCUT2D eigenvalue weighted by Gasteiger charge is 2.38. The summed E-state index contributed by atoms with van der Waals surface area (Å²) in [6, 6.07) is 73.7. The molecule has 2 aliphatic rings. The number of hydrogen-bond donors (Lipinski definition) is 0. The summed E-state index contributed by atoms with van der Waals surface area (Å²) in [4.78, 5) is 0. The van der Waals surface area contributed by atoms with Gasteiger partial charge in [-0.25, -0.2) is 0 Å². The molecule has 0 aliphatic heterocycles. The van der Waals surface area contributed by atoms with Crippen LogP contribution in [0.4, 0.5) is 0 Å². The Morgan fingerprint density at radius 1 is 0.242 bits per heavy atom. The summed E-state index contributed by atoms with van der Waals surface area (Å²) < 4.78 is 0. The second kappa shape index (κ2) is 12.6. The molecular formula is C62H44. The lowest BCUT2D eigenvalue weighted by Crippen LogP contribution is -2.15. The Kier molecular flexibility index (Phi) is 7.23. The second-order valence-electron chi connectivity index (χ2n) is 18.8. The predicted molar refractivity (Wildman–Crippen MR) is 265 cm³/mol. The molecule has 2 aliphatic carbocycles. The van der Waals surface area contributed by atoms with Gasteiger partial charge >= 0.3 is 0 Å². The fourth-order valence-corrected chi connectivity index (χ4v) is 11.7. The topological polar surface area (TPSA) is 0 Å². The molecule has 0 bridgehead atoms. The van der Waals surface area contributed by atoms with Crippen LogP contribution in [0.5, 0.6) is 0 Å². The highest BCUT2D eigenvalue weighted by atomic mass is 14.4. The molecule has 0 N–H and O–H groups in total. The van der Waals surface area contributed by atoms with E-state index in [4.69, 9.17) is 0 Å². The molecule has 11 aromatic carbocycles. The van der Waals surface area contributed by atoms with Crippen molar-refractivity contribution in [2.75, 3.05) is 0 Å². The van der Waals surface area contributed by atoms with E-state index in [1.54, 1.807) is 0 Å². The van der Waals surface area contributed by atoms with E-state index >= 15 is 0 Å².